The maximum absolute atomic E-state index is 13.3. The fourth-order valence-corrected chi connectivity index (χ4v) is 7.19. The summed E-state index contributed by atoms with van der Waals surface area (Å²) in [7, 11) is 0. The number of hydrogen-bond acceptors (Lipinski definition) is 3. The molecule has 0 N–H and O–H groups in total. The maximum Gasteiger partial charge on any atom is 0.312 e. The summed E-state index contributed by atoms with van der Waals surface area (Å²) in [6.07, 6.45) is 8.07. The molecular weight excluding hydrogens is 360 g/mol. The third-order valence-corrected chi connectivity index (χ3v) is 8.73. The van der Waals surface area contributed by atoms with E-state index in [1.807, 2.05) is 13.8 Å². The average Bonchev–Trinajstić information content (AvgIpc) is 3.07. The molecule has 0 bridgehead atoms. The molecule has 158 valence electrons. The number of ether oxygens (including phenoxy) is 1. The Labute approximate surface area is 175 Å². The van der Waals surface area contributed by atoms with E-state index in [4.69, 9.17) is 4.74 Å². The lowest BCUT2D eigenvalue weighted by molar-refractivity contribution is -0.160. The van der Waals surface area contributed by atoms with Crippen LogP contribution in [-0.4, -0.2) is 18.4 Å². The summed E-state index contributed by atoms with van der Waals surface area (Å²) in [4.78, 5) is 26.2. The van der Waals surface area contributed by atoms with E-state index in [9.17, 15) is 9.59 Å². The Balaban J connectivity index is 1.89. The van der Waals surface area contributed by atoms with Gasteiger partial charge in [-0.15, -0.1) is 0 Å². The van der Waals surface area contributed by atoms with Crippen molar-refractivity contribution in [3.63, 3.8) is 0 Å². The van der Waals surface area contributed by atoms with E-state index in [1.165, 1.54) is 11.1 Å². The third-order valence-electron chi connectivity index (χ3n) is 8.73. The fourth-order valence-electron chi connectivity index (χ4n) is 7.19. The van der Waals surface area contributed by atoms with Crippen LogP contribution in [0, 0.1) is 34.5 Å². The van der Waals surface area contributed by atoms with Gasteiger partial charge in [-0.2, -0.15) is 0 Å². The van der Waals surface area contributed by atoms with Crippen molar-refractivity contribution in [1.82, 2.24) is 0 Å². The van der Waals surface area contributed by atoms with Crippen LogP contribution in [0.3, 0.4) is 0 Å². The number of allylic oxidation sites excluding steroid dienone is 5. The van der Waals surface area contributed by atoms with E-state index >= 15 is 0 Å². The van der Waals surface area contributed by atoms with E-state index in [-0.39, 0.29) is 23.1 Å². The number of carbonyl (C=O) groups excluding carboxylic acids is 2. The van der Waals surface area contributed by atoms with Gasteiger partial charge in [-0.3, -0.25) is 9.59 Å². The van der Waals surface area contributed by atoms with Gasteiger partial charge in [-0.05, 0) is 80.8 Å². The van der Waals surface area contributed by atoms with E-state index < -0.39 is 5.41 Å². The Morgan fingerprint density at radius 1 is 1.28 bits per heavy atom. The van der Waals surface area contributed by atoms with Crippen molar-refractivity contribution in [2.75, 3.05) is 6.61 Å². The second-order valence-electron chi connectivity index (χ2n) is 10.5. The number of Topliss-reactive ketones (excluding diaryl/α,β-unsaturated/α-hetero) is 1. The molecule has 0 spiro atoms. The highest BCUT2D eigenvalue weighted by Gasteiger charge is 2.59. The summed E-state index contributed by atoms with van der Waals surface area (Å²) >= 11 is 0. The van der Waals surface area contributed by atoms with Crippen LogP contribution in [0.1, 0.15) is 73.1 Å². The quantitative estimate of drug-likeness (QED) is 0.565. The van der Waals surface area contributed by atoms with Crippen LogP contribution >= 0.6 is 0 Å². The molecular formula is C26H36O3. The Bertz CT molecular complexity index is 831. The molecule has 29 heavy (non-hydrogen) atoms. The molecule has 4 rings (SSSR count). The zero-order valence-electron chi connectivity index (χ0n) is 18.8. The van der Waals surface area contributed by atoms with Gasteiger partial charge in [-0.1, -0.05) is 39.0 Å². The molecule has 2 saturated carbocycles. The first-order valence-electron chi connectivity index (χ1n) is 11.5. The molecule has 0 unspecified atom stereocenters. The van der Waals surface area contributed by atoms with Crippen molar-refractivity contribution >= 4 is 11.8 Å². The lowest BCUT2D eigenvalue weighted by atomic mass is 9.61. The van der Waals surface area contributed by atoms with Crippen LogP contribution in [0.15, 0.2) is 34.9 Å². The number of esters is 1. The summed E-state index contributed by atoms with van der Waals surface area (Å²) in [6.45, 7) is 15.3. The van der Waals surface area contributed by atoms with E-state index in [0.29, 0.717) is 30.8 Å². The topological polar surface area (TPSA) is 43.4 Å². The van der Waals surface area contributed by atoms with Crippen molar-refractivity contribution < 1.29 is 14.3 Å². The Morgan fingerprint density at radius 3 is 2.66 bits per heavy atom. The van der Waals surface area contributed by atoms with E-state index in [2.05, 4.69) is 33.4 Å². The Morgan fingerprint density at radius 2 is 2.00 bits per heavy atom. The Kier molecular flexibility index (Phi) is 4.95. The highest BCUT2D eigenvalue weighted by Crippen LogP contribution is 2.63. The standard InChI is InChI=1S/C26H36O3/c1-7-29-24(28)26-11-10-16(4)19-13-25(6)14-22(27)23(15(2)3)21(25)12-18(19)20(26)9-8-17(26)5/h12,16-17,19-20H,2,7-11,13-14H2,1,3-6H3/t16-,17-,19+,20-,25-,26-/m1/s1. The van der Waals surface area contributed by atoms with Crippen molar-refractivity contribution in [2.45, 2.75) is 73.1 Å². The molecule has 2 fully saturated rings. The molecule has 0 radical (unpaired) electrons. The average molecular weight is 397 g/mol. The summed E-state index contributed by atoms with van der Waals surface area (Å²) in [5.74, 6) is 1.80. The van der Waals surface area contributed by atoms with Crippen LogP contribution < -0.4 is 0 Å². The van der Waals surface area contributed by atoms with Gasteiger partial charge in [-0.25, -0.2) is 0 Å². The molecule has 4 aliphatic carbocycles. The van der Waals surface area contributed by atoms with Gasteiger partial charge < -0.3 is 4.74 Å². The van der Waals surface area contributed by atoms with Crippen LogP contribution in [0.2, 0.25) is 0 Å². The zero-order chi connectivity index (χ0) is 21.1. The molecule has 0 aliphatic heterocycles. The molecule has 3 nitrogen and oxygen atoms in total. The first-order valence-corrected chi connectivity index (χ1v) is 11.5. The van der Waals surface area contributed by atoms with Crippen LogP contribution in [0.4, 0.5) is 0 Å². The smallest absolute Gasteiger partial charge is 0.312 e. The highest BCUT2D eigenvalue weighted by molar-refractivity contribution is 6.04. The second kappa shape index (κ2) is 6.96. The molecule has 6 atom stereocenters. The molecule has 0 aromatic carbocycles. The van der Waals surface area contributed by atoms with Crippen molar-refractivity contribution in [3.8, 4) is 0 Å². The molecule has 3 heteroatoms. The minimum Gasteiger partial charge on any atom is -0.466 e. The van der Waals surface area contributed by atoms with Gasteiger partial charge >= 0.3 is 5.97 Å². The lowest BCUT2D eigenvalue weighted by Crippen LogP contribution is -2.42. The zero-order valence-corrected chi connectivity index (χ0v) is 18.8. The summed E-state index contributed by atoms with van der Waals surface area (Å²) in [6, 6.07) is 0. The van der Waals surface area contributed by atoms with Crippen molar-refractivity contribution in [1.29, 1.82) is 0 Å². The number of rotatable bonds is 3. The molecule has 0 aromatic rings. The van der Waals surface area contributed by atoms with Crippen LogP contribution in [0.5, 0.6) is 0 Å². The molecule has 0 aromatic heterocycles. The first kappa shape index (κ1) is 20.6. The van der Waals surface area contributed by atoms with Crippen LogP contribution in [0.25, 0.3) is 0 Å². The number of ketones is 1. The molecule has 0 amide bonds. The van der Waals surface area contributed by atoms with E-state index in [0.717, 1.165) is 43.3 Å². The lowest BCUT2D eigenvalue weighted by Gasteiger charge is -2.42. The second-order valence-corrected chi connectivity index (χ2v) is 10.5. The van der Waals surface area contributed by atoms with Gasteiger partial charge in [0.1, 0.15) is 0 Å². The minimum atomic E-state index is -0.398. The van der Waals surface area contributed by atoms with E-state index in [1.54, 1.807) is 0 Å². The number of carbonyl (C=O) groups is 2. The minimum absolute atomic E-state index is 0.00804. The predicted molar refractivity (Wildman–Crippen MR) is 115 cm³/mol. The summed E-state index contributed by atoms with van der Waals surface area (Å²) < 4.78 is 5.66. The monoisotopic (exact) mass is 396 g/mol. The molecule has 4 aliphatic rings. The number of hydrogen-bond donors (Lipinski definition) is 0. The maximum atomic E-state index is 13.3. The van der Waals surface area contributed by atoms with Gasteiger partial charge in [0, 0.05) is 17.4 Å². The summed E-state index contributed by atoms with van der Waals surface area (Å²) in [5.41, 5.74) is 3.85. The van der Waals surface area contributed by atoms with Crippen molar-refractivity contribution in [3.05, 3.63) is 34.9 Å². The normalized spacial score (nSPS) is 41.3. The van der Waals surface area contributed by atoms with Gasteiger partial charge in [0.2, 0.25) is 0 Å². The summed E-state index contributed by atoms with van der Waals surface area (Å²) in [5, 5.41) is 0. The van der Waals surface area contributed by atoms with Crippen LogP contribution in [-0.2, 0) is 14.3 Å². The highest BCUT2D eigenvalue weighted by atomic mass is 16.5. The fraction of sp³-hybridized carbons (Fsp3) is 0.692. The number of fused-ring (bicyclic) bond motifs is 4. The first-order chi connectivity index (χ1) is 13.7. The van der Waals surface area contributed by atoms with Crippen molar-refractivity contribution in [2.24, 2.45) is 34.5 Å². The molecule has 0 saturated heterocycles. The predicted octanol–water partition coefficient (Wildman–Crippen LogP) is 5.81. The molecule has 0 heterocycles. The Hall–Kier alpha value is -1.64. The largest absolute Gasteiger partial charge is 0.466 e. The third kappa shape index (κ3) is 2.83. The van der Waals surface area contributed by atoms with Gasteiger partial charge in [0.15, 0.2) is 5.78 Å². The SMILES string of the molecule is C=C(C)C1=C2C=C3[C@@H](C[C@]2(C)CC1=O)[C@H](C)CC[C@@]1(C(=O)OCC)[C@H](C)CC[C@H]31. The van der Waals surface area contributed by atoms with Gasteiger partial charge in [0.05, 0.1) is 12.0 Å². The van der Waals surface area contributed by atoms with Gasteiger partial charge in [0.25, 0.3) is 0 Å².